The summed E-state index contributed by atoms with van der Waals surface area (Å²) < 4.78 is 0. The summed E-state index contributed by atoms with van der Waals surface area (Å²) in [6.07, 6.45) is 1.37. The molecule has 0 heterocycles. The van der Waals surface area contributed by atoms with E-state index in [9.17, 15) is 4.79 Å². The number of aliphatic carboxylic acids is 1. The van der Waals surface area contributed by atoms with Crippen LogP contribution in [0.15, 0.2) is 4.99 Å². The molecule has 0 rings (SSSR count). The summed E-state index contributed by atoms with van der Waals surface area (Å²) >= 11 is 0. The van der Waals surface area contributed by atoms with Crippen LogP contribution < -0.4 is 0 Å². The summed E-state index contributed by atoms with van der Waals surface area (Å²) in [5.41, 5.74) is 0. The van der Waals surface area contributed by atoms with E-state index < -0.39 is 5.97 Å². The second-order valence-corrected chi connectivity index (χ2v) is 1.04. The van der Waals surface area contributed by atoms with Crippen LogP contribution in [0.3, 0.4) is 0 Å². The van der Waals surface area contributed by atoms with Crippen LogP contribution in [-0.4, -0.2) is 24.3 Å². The third kappa shape index (κ3) is 5.14. The minimum Gasteiger partial charge on any atom is -0.481 e. The van der Waals surface area contributed by atoms with E-state index in [1.54, 1.807) is 7.05 Å². The second kappa shape index (κ2) is 3.33. The van der Waals surface area contributed by atoms with Crippen LogP contribution in [0, 0.1) is 0 Å². The summed E-state index contributed by atoms with van der Waals surface area (Å²) in [5, 5.41) is 7.95. The van der Waals surface area contributed by atoms with Gasteiger partial charge in [0.05, 0.1) is 6.42 Å². The Balaban J connectivity index is 3.14. The molecule has 0 radical (unpaired) electrons. The Kier molecular flexibility index (Phi) is 2.92. The van der Waals surface area contributed by atoms with E-state index in [-0.39, 0.29) is 6.42 Å². The van der Waals surface area contributed by atoms with Crippen molar-refractivity contribution in [3.8, 4) is 0 Å². The molecule has 7 heavy (non-hydrogen) atoms. The largest absolute Gasteiger partial charge is 0.481 e. The number of carboxylic acids is 1. The molecule has 0 aliphatic carbocycles. The quantitative estimate of drug-likeness (QED) is 0.504. The lowest BCUT2D eigenvalue weighted by atomic mass is 10.5. The van der Waals surface area contributed by atoms with Crippen molar-refractivity contribution in [3.63, 3.8) is 0 Å². The van der Waals surface area contributed by atoms with Gasteiger partial charge in [-0.3, -0.25) is 4.79 Å². The molecule has 0 atom stereocenters. The number of aliphatic imine (C=N–C) groups is 1. The molecule has 1 N–H and O–H groups in total. The minimum atomic E-state index is -0.842. The van der Waals surface area contributed by atoms with Gasteiger partial charge in [0.15, 0.2) is 0 Å². The van der Waals surface area contributed by atoms with Gasteiger partial charge in [0, 0.05) is 13.3 Å². The maximum atomic E-state index is 9.67. The van der Waals surface area contributed by atoms with Gasteiger partial charge < -0.3 is 10.1 Å². The lowest BCUT2D eigenvalue weighted by Gasteiger charge is -1.77. The van der Waals surface area contributed by atoms with Gasteiger partial charge in [0.25, 0.3) is 0 Å². The Labute approximate surface area is 41.7 Å². The van der Waals surface area contributed by atoms with E-state index in [1.807, 2.05) is 0 Å². The van der Waals surface area contributed by atoms with E-state index in [4.69, 9.17) is 5.11 Å². The van der Waals surface area contributed by atoms with E-state index >= 15 is 0 Å². The Morgan fingerprint density at radius 3 is 2.71 bits per heavy atom. The molecule has 0 bridgehead atoms. The lowest BCUT2D eigenvalue weighted by Crippen LogP contribution is -1.93. The first-order valence-electron chi connectivity index (χ1n) is 1.89. The highest BCUT2D eigenvalue weighted by atomic mass is 16.4. The highest BCUT2D eigenvalue weighted by Crippen LogP contribution is 1.69. The standard InChI is InChI=1S/C4H7NO2/c1-5-3-2-4(6)7/h3H,2H2,1H3,(H,6,7). The van der Waals surface area contributed by atoms with Crippen molar-refractivity contribution >= 4 is 12.2 Å². The molecule has 0 spiro atoms. The molecule has 0 aromatic rings. The number of hydrogen-bond donors (Lipinski definition) is 1. The average Bonchev–Trinajstić information content (AvgIpc) is 1.61. The summed E-state index contributed by atoms with van der Waals surface area (Å²) in [6.45, 7) is 0. The molecule has 0 fully saturated rings. The molecule has 3 heteroatoms. The molecular formula is C4H7NO2. The molecule has 0 saturated carbocycles. The molecule has 0 aromatic heterocycles. The van der Waals surface area contributed by atoms with Crippen LogP contribution in [0.4, 0.5) is 0 Å². The molecular weight excluding hydrogens is 94.0 g/mol. The number of rotatable bonds is 2. The van der Waals surface area contributed by atoms with E-state index in [2.05, 4.69) is 4.99 Å². The zero-order valence-corrected chi connectivity index (χ0v) is 4.09. The molecule has 3 nitrogen and oxygen atoms in total. The predicted molar refractivity (Wildman–Crippen MR) is 26.7 cm³/mol. The predicted octanol–water partition coefficient (Wildman–Crippen LogP) is 0.162. The summed E-state index contributed by atoms with van der Waals surface area (Å²) in [5.74, 6) is -0.842. The summed E-state index contributed by atoms with van der Waals surface area (Å²) in [6, 6.07) is 0. The van der Waals surface area contributed by atoms with Gasteiger partial charge in [-0.05, 0) is 0 Å². The number of nitrogens with zero attached hydrogens (tertiary/aromatic N) is 1. The number of carbonyl (C=O) groups is 1. The smallest absolute Gasteiger partial charge is 0.308 e. The Bertz CT molecular complexity index is 87.7. The van der Waals surface area contributed by atoms with Crippen molar-refractivity contribution in [1.29, 1.82) is 0 Å². The molecule has 0 aliphatic heterocycles. The van der Waals surface area contributed by atoms with Gasteiger partial charge in [-0.15, -0.1) is 0 Å². The molecule has 0 saturated heterocycles. The maximum Gasteiger partial charge on any atom is 0.308 e. The van der Waals surface area contributed by atoms with E-state index in [0.717, 1.165) is 0 Å². The molecule has 0 aromatic carbocycles. The minimum absolute atomic E-state index is 0.0243. The van der Waals surface area contributed by atoms with Crippen LogP contribution in [0.5, 0.6) is 0 Å². The number of carboxylic acid groups (broad SMARTS) is 1. The Morgan fingerprint density at radius 2 is 2.57 bits per heavy atom. The molecule has 0 unspecified atom stereocenters. The van der Waals surface area contributed by atoms with Gasteiger partial charge in [-0.25, -0.2) is 0 Å². The van der Waals surface area contributed by atoms with Crippen molar-refractivity contribution in [2.24, 2.45) is 4.99 Å². The zero-order chi connectivity index (χ0) is 5.70. The Hall–Kier alpha value is -0.860. The van der Waals surface area contributed by atoms with Crippen molar-refractivity contribution in [2.75, 3.05) is 7.05 Å². The van der Waals surface area contributed by atoms with Gasteiger partial charge in [0.2, 0.25) is 0 Å². The SMILES string of the molecule is CN=CCC(=O)O. The fraction of sp³-hybridized carbons (Fsp3) is 0.500. The van der Waals surface area contributed by atoms with Crippen molar-refractivity contribution in [2.45, 2.75) is 6.42 Å². The topological polar surface area (TPSA) is 49.7 Å². The van der Waals surface area contributed by atoms with Gasteiger partial charge >= 0.3 is 5.97 Å². The van der Waals surface area contributed by atoms with Crippen LogP contribution in [0.2, 0.25) is 0 Å². The Morgan fingerprint density at radius 1 is 2.00 bits per heavy atom. The lowest BCUT2D eigenvalue weighted by molar-refractivity contribution is -0.135. The van der Waals surface area contributed by atoms with Crippen LogP contribution in [0.1, 0.15) is 6.42 Å². The van der Waals surface area contributed by atoms with E-state index in [0.29, 0.717) is 0 Å². The second-order valence-electron chi connectivity index (χ2n) is 1.04. The van der Waals surface area contributed by atoms with E-state index in [1.165, 1.54) is 6.21 Å². The molecule has 0 aliphatic rings. The van der Waals surface area contributed by atoms with Crippen molar-refractivity contribution in [1.82, 2.24) is 0 Å². The highest BCUT2D eigenvalue weighted by molar-refractivity contribution is 5.84. The summed E-state index contributed by atoms with van der Waals surface area (Å²) in [7, 11) is 1.54. The monoisotopic (exact) mass is 101 g/mol. The average molecular weight is 101 g/mol. The maximum absolute atomic E-state index is 9.67. The fourth-order valence-electron chi connectivity index (χ4n) is 0.169. The molecule has 0 amide bonds. The van der Waals surface area contributed by atoms with Crippen LogP contribution in [0.25, 0.3) is 0 Å². The molecule has 40 valence electrons. The first-order valence-corrected chi connectivity index (χ1v) is 1.89. The number of hydrogen-bond acceptors (Lipinski definition) is 2. The first kappa shape index (κ1) is 6.14. The van der Waals surface area contributed by atoms with Gasteiger partial charge in [-0.1, -0.05) is 0 Å². The first-order chi connectivity index (χ1) is 3.27. The van der Waals surface area contributed by atoms with Gasteiger partial charge in [0.1, 0.15) is 0 Å². The third-order valence-corrected chi connectivity index (χ3v) is 0.448. The normalized spacial score (nSPS) is 9.86. The van der Waals surface area contributed by atoms with Crippen molar-refractivity contribution < 1.29 is 9.90 Å². The fourth-order valence-corrected chi connectivity index (χ4v) is 0.169. The van der Waals surface area contributed by atoms with Gasteiger partial charge in [-0.2, -0.15) is 0 Å². The van der Waals surface area contributed by atoms with Crippen LogP contribution >= 0.6 is 0 Å². The van der Waals surface area contributed by atoms with Crippen molar-refractivity contribution in [3.05, 3.63) is 0 Å². The van der Waals surface area contributed by atoms with Crippen LogP contribution in [-0.2, 0) is 4.79 Å². The summed E-state index contributed by atoms with van der Waals surface area (Å²) in [4.78, 5) is 13.1. The highest BCUT2D eigenvalue weighted by Gasteiger charge is 1.86. The zero-order valence-electron chi connectivity index (χ0n) is 4.09. The third-order valence-electron chi connectivity index (χ3n) is 0.448.